The lowest BCUT2D eigenvalue weighted by Gasteiger charge is -2.33. The lowest BCUT2D eigenvalue weighted by Crippen LogP contribution is -2.36. The second-order valence-electron chi connectivity index (χ2n) is 9.93. The van der Waals surface area contributed by atoms with Gasteiger partial charge in [-0.2, -0.15) is 0 Å². The molecule has 1 aliphatic heterocycles. The monoisotopic (exact) mass is 423 g/mol. The van der Waals surface area contributed by atoms with Gasteiger partial charge in [-0.1, -0.05) is 39.8 Å². The van der Waals surface area contributed by atoms with E-state index in [9.17, 15) is 4.79 Å². The highest BCUT2D eigenvalue weighted by molar-refractivity contribution is 5.84. The van der Waals surface area contributed by atoms with Crippen LogP contribution in [0.15, 0.2) is 30.3 Å². The van der Waals surface area contributed by atoms with Crippen LogP contribution in [-0.2, 0) is 16.8 Å². The van der Waals surface area contributed by atoms with E-state index in [1.807, 2.05) is 13.0 Å². The summed E-state index contributed by atoms with van der Waals surface area (Å²) in [5, 5.41) is 3.10. The van der Waals surface area contributed by atoms with Gasteiger partial charge in [0.2, 0.25) is 5.91 Å². The van der Waals surface area contributed by atoms with Gasteiger partial charge in [-0.25, -0.2) is 4.98 Å². The fourth-order valence-corrected chi connectivity index (χ4v) is 3.88. The van der Waals surface area contributed by atoms with Gasteiger partial charge in [-0.05, 0) is 49.4 Å². The fourth-order valence-electron chi connectivity index (χ4n) is 3.88. The number of benzene rings is 1. The summed E-state index contributed by atoms with van der Waals surface area (Å²) < 4.78 is 0. The summed E-state index contributed by atoms with van der Waals surface area (Å²) in [6.45, 7) is 13.2. The van der Waals surface area contributed by atoms with Crippen LogP contribution >= 0.6 is 0 Å². The molecule has 0 saturated carbocycles. The largest absolute Gasteiger partial charge is 0.397 e. The number of nitrogens with two attached hydrogens (primary N) is 2. The predicted molar refractivity (Wildman–Crippen MR) is 129 cm³/mol. The minimum absolute atomic E-state index is 0.0246. The highest BCUT2D eigenvalue weighted by Crippen LogP contribution is 2.29. The second kappa shape index (κ2) is 9.16. The molecule has 3 rings (SSSR count). The Bertz CT molecular complexity index is 926. The Kier molecular flexibility index (Phi) is 6.77. The third kappa shape index (κ3) is 5.49. The molecule has 1 atom stereocenters. The maximum Gasteiger partial charge on any atom is 0.227 e. The highest BCUT2D eigenvalue weighted by Gasteiger charge is 2.24. The molecule has 1 aromatic heterocycles. The van der Waals surface area contributed by atoms with Gasteiger partial charge in [0.1, 0.15) is 5.82 Å². The van der Waals surface area contributed by atoms with E-state index in [2.05, 4.69) is 50.0 Å². The van der Waals surface area contributed by atoms with Gasteiger partial charge in [-0.15, -0.1) is 0 Å². The molecule has 2 aromatic rings. The number of anilines is 3. The number of pyridine rings is 1. The zero-order valence-corrected chi connectivity index (χ0v) is 19.5. The minimum atomic E-state index is -0.316. The molecule has 1 aliphatic rings. The van der Waals surface area contributed by atoms with E-state index >= 15 is 0 Å². The Balaban J connectivity index is 1.78. The van der Waals surface area contributed by atoms with Gasteiger partial charge >= 0.3 is 0 Å². The van der Waals surface area contributed by atoms with Crippen LogP contribution in [0.5, 0.6) is 0 Å². The number of carbonyl (C=O) groups is 1. The van der Waals surface area contributed by atoms with Crippen molar-refractivity contribution in [1.29, 1.82) is 0 Å². The third-order valence-electron chi connectivity index (χ3n) is 6.26. The predicted octanol–water partition coefficient (Wildman–Crippen LogP) is 4.20. The maximum atomic E-state index is 12.9. The number of nitrogens with one attached hydrogen (secondary N) is 1. The number of piperidine rings is 1. The van der Waals surface area contributed by atoms with E-state index < -0.39 is 0 Å². The van der Waals surface area contributed by atoms with E-state index in [-0.39, 0.29) is 17.2 Å². The molecule has 0 radical (unpaired) electrons. The molecule has 5 N–H and O–H groups in total. The van der Waals surface area contributed by atoms with Crippen LogP contribution in [-0.4, -0.2) is 24.0 Å². The number of nitrogens with zero attached hydrogens (tertiary/aromatic N) is 2. The van der Waals surface area contributed by atoms with Crippen molar-refractivity contribution in [3.05, 3.63) is 47.2 Å². The van der Waals surface area contributed by atoms with E-state index in [0.717, 1.165) is 41.6 Å². The molecular weight excluding hydrogens is 386 g/mol. The van der Waals surface area contributed by atoms with Crippen LogP contribution in [0.4, 0.5) is 17.2 Å². The van der Waals surface area contributed by atoms with Gasteiger partial charge in [-0.3, -0.25) is 4.79 Å². The molecule has 1 saturated heterocycles. The molecule has 6 heteroatoms. The van der Waals surface area contributed by atoms with Gasteiger partial charge in [0.25, 0.3) is 0 Å². The number of hydrogen-bond acceptors (Lipinski definition) is 5. The molecular formula is C25H37N5O. The van der Waals surface area contributed by atoms with Crippen molar-refractivity contribution < 1.29 is 4.79 Å². The molecule has 1 aromatic carbocycles. The van der Waals surface area contributed by atoms with Gasteiger partial charge in [0.15, 0.2) is 0 Å². The topological polar surface area (TPSA) is 97.3 Å². The summed E-state index contributed by atoms with van der Waals surface area (Å²) in [4.78, 5) is 20.3. The van der Waals surface area contributed by atoms with Gasteiger partial charge in [0, 0.05) is 36.3 Å². The zero-order chi connectivity index (χ0) is 22.8. The first-order chi connectivity index (χ1) is 14.6. The average molecular weight is 424 g/mol. The van der Waals surface area contributed by atoms with Crippen molar-refractivity contribution in [1.82, 2.24) is 10.3 Å². The lowest BCUT2D eigenvalue weighted by molar-refractivity contribution is -0.122. The summed E-state index contributed by atoms with van der Waals surface area (Å²) >= 11 is 0. The van der Waals surface area contributed by atoms with Crippen LogP contribution in [0, 0.1) is 5.92 Å². The first-order valence-electron chi connectivity index (χ1n) is 11.2. The molecule has 0 bridgehead atoms. The molecule has 0 spiro atoms. The van der Waals surface area contributed by atoms with Crippen LogP contribution in [0.1, 0.15) is 70.2 Å². The molecule has 6 nitrogen and oxygen atoms in total. The van der Waals surface area contributed by atoms with E-state index in [4.69, 9.17) is 16.5 Å². The van der Waals surface area contributed by atoms with Crippen LogP contribution in [0.25, 0.3) is 0 Å². The SMILES string of the molecule is CC1CCN(c2nc(C(C)(C)C)ccc2CNC(=O)C(C)c2ccc(N)c(N)c2)CC1. The van der Waals surface area contributed by atoms with E-state index in [1.54, 1.807) is 12.1 Å². The second-order valence-corrected chi connectivity index (χ2v) is 9.93. The Labute approximate surface area is 186 Å². The standard InChI is InChI=1S/C25H37N5O/c1-16-10-12-30(13-11-16)23-19(7-9-22(29-23)25(3,4)5)15-28-24(31)17(2)18-6-8-20(26)21(27)14-18/h6-9,14,16-17H,10-13,15,26-27H2,1-5H3,(H,28,31). The zero-order valence-electron chi connectivity index (χ0n) is 19.5. The Morgan fingerprint density at radius 2 is 1.84 bits per heavy atom. The number of hydrogen-bond donors (Lipinski definition) is 3. The van der Waals surface area contributed by atoms with Crippen molar-refractivity contribution in [2.45, 2.75) is 65.3 Å². The van der Waals surface area contributed by atoms with Crippen LogP contribution < -0.4 is 21.7 Å². The molecule has 168 valence electrons. The van der Waals surface area contributed by atoms with Crippen molar-refractivity contribution in [2.75, 3.05) is 29.5 Å². The quantitative estimate of drug-likeness (QED) is 0.626. The van der Waals surface area contributed by atoms with Crippen molar-refractivity contribution in [3.63, 3.8) is 0 Å². The fraction of sp³-hybridized carbons (Fsp3) is 0.520. The Morgan fingerprint density at radius 3 is 2.45 bits per heavy atom. The van der Waals surface area contributed by atoms with Crippen molar-refractivity contribution in [3.8, 4) is 0 Å². The smallest absolute Gasteiger partial charge is 0.227 e. The summed E-state index contributed by atoms with van der Waals surface area (Å²) in [6.07, 6.45) is 2.34. The summed E-state index contributed by atoms with van der Waals surface area (Å²) in [5.74, 6) is 1.40. The first-order valence-corrected chi connectivity index (χ1v) is 11.2. The average Bonchev–Trinajstić information content (AvgIpc) is 2.73. The highest BCUT2D eigenvalue weighted by atomic mass is 16.1. The van der Waals surface area contributed by atoms with Gasteiger partial charge in [0.05, 0.1) is 17.3 Å². The Morgan fingerprint density at radius 1 is 1.16 bits per heavy atom. The molecule has 31 heavy (non-hydrogen) atoms. The third-order valence-corrected chi connectivity index (χ3v) is 6.26. The molecule has 2 heterocycles. The van der Waals surface area contributed by atoms with Crippen molar-refractivity contribution >= 4 is 23.1 Å². The molecule has 0 aliphatic carbocycles. The number of rotatable bonds is 5. The van der Waals surface area contributed by atoms with Crippen LogP contribution in [0.3, 0.4) is 0 Å². The van der Waals surface area contributed by atoms with Crippen LogP contribution in [0.2, 0.25) is 0 Å². The lowest BCUT2D eigenvalue weighted by atomic mass is 9.91. The summed E-state index contributed by atoms with van der Waals surface area (Å²) in [5.41, 5.74) is 15.7. The number of amides is 1. The van der Waals surface area contributed by atoms with Gasteiger partial charge < -0.3 is 21.7 Å². The number of nitrogen functional groups attached to an aromatic ring is 2. The van der Waals surface area contributed by atoms with E-state index in [1.165, 1.54) is 12.8 Å². The number of carbonyl (C=O) groups excluding carboxylic acids is 1. The molecule has 1 amide bonds. The Hall–Kier alpha value is -2.76. The molecule has 1 unspecified atom stereocenters. The summed E-state index contributed by atoms with van der Waals surface area (Å²) in [6, 6.07) is 9.59. The normalized spacial score (nSPS) is 16.2. The van der Waals surface area contributed by atoms with E-state index in [0.29, 0.717) is 17.9 Å². The first kappa shape index (κ1) is 22.9. The van der Waals surface area contributed by atoms with Crippen molar-refractivity contribution in [2.24, 2.45) is 5.92 Å². The summed E-state index contributed by atoms with van der Waals surface area (Å²) in [7, 11) is 0. The maximum absolute atomic E-state index is 12.9. The number of aromatic nitrogens is 1. The minimum Gasteiger partial charge on any atom is -0.397 e. The molecule has 1 fully saturated rings.